The molecule has 1 saturated carbocycles. The highest BCUT2D eigenvalue weighted by atomic mass is 15.2. The lowest BCUT2D eigenvalue weighted by Gasteiger charge is -2.35. The molecule has 2 rings (SSSR count). The molecule has 20 heavy (non-hydrogen) atoms. The smallest absolute Gasteiger partial charge is 0.122 e. The second-order valence-corrected chi connectivity index (χ2v) is 7.95. The molecule has 0 amide bonds. The SMILES string of the molecule is CC(C)NC(C#N)(CN1CCCC(C)(C)CC1)C1CC1. The van der Waals surface area contributed by atoms with E-state index in [1.165, 1.54) is 32.1 Å². The fraction of sp³-hybridized carbons (Fsp3) is 0.941. The van der Waals surface area contributed by atoms with E-state index in [0.29, 0.717) is 17.4 Å². The molecule has 3 heteroatoms. The first-order valence-corrected chi connectivity index (χ1v) is 8.28. The summed E-state index contributed by atoms with van der Waals surface area (Å²) in [6.45, 7) is 12.3. The van der Waals surface area contributed by atoms with E-state index < -0.39 is 0 Å². The van der Waals surface area contributed by atoms with Gasteiger partial charge in [0.1, 0.15) is 5.54 Å². The van der Waals surface area contributed by atoms with Crippen molar-refractivity contribution in [2.75, 3.05) is 19.6 Å². The van der Waals surface area contributed by atoms with Crippen molar-refractivity contribution in [3.05, 3.63) is 0 Å². The lowest BCUT2D eigenvalue weighted by Crippen LogP contribution is -2.56. The van der Waals surface area contributed by atoms with Crippen molar-refractivity contribution in [2.45, 2.75) is 71.4 Å². The third-order valence-electron chi connectivity index (χ3n) is 4.93. The highest BCUT2D eigenvalue weighted by molar-refractivity contribution is 5.17. The van der Waals surface area contributed by atoms with Crippen LogP contribution in [0.4, 0.5) is 0 Å². The molecule has 0 aromatic carbocycles. The zero-order chi connectivity index (χ0) is 14.8. The first kappa shape index (κ1) is 15.8. The van der Waals surface area contributed by atoms with Gasteiger partial charge in [0.2, 0.25) is 0 Å². The number of rotatable bonds is 5. The van der Waals surface area contributed by atoms with Gasteiger partial charge in [-0.2, -0.15) is 5.26 Å². The van der Waals surface area contributed by atoms with Gasteiger partial charge in [-0.3, -0.25) is 5.32 Å². The molecule has 1 unspecified atom stereocenters. The summed E-state index contributed by atoms with van der Waals surface area (Å²) >= 11 is 0. The van der Waals surface area contributed by atoms with Crippen LogP contribution in [0.1, 0.15) is 59.8 Å². The molecule has 1 atom stereocenters. The van der Waals surface area contributed by atoms with Crippen LogP contribution in [0.2, 0.25) is 0 Å². The molecule has 1 saturated heterocycles. The minimum Gasteiger partial charge on any atom is -0.300 e. The van der Waals surface area contributed by atoms with Crippen LogP contribution in [0.5, 0.6) is 0 Å². The average molecular weight is 277 g/mol. The Morgan fingerprint density at radius 1 is 1.30 bits per heavy atom. The van der Waals surface area contributed by atoms with E-state index >= 15 is 0 Å². The van der Waals surface area contributed by atoms with E-state index in [1.807, 2.05) is 0 Å². The fourth-order valence-electron chi connectivity index (χ4n) is 3.53. The number of nitrogens with zero attached hydrogens (tertiary/aromatic N) is 2. The number of likely N-dealkylation sites (tertiary alicyclic amines) is 1. The Morgan fingerprint density at radius 2 is 2.00 bits per heavy atom. The topological polar surface area (TPSA) is 39.1 Å². The molecular weight excluding hydrogens is 246 g/mol. The largest absolute Gasteiger partial charge is 0.300 e. The molecule has 1 aliphatic carbocycles. The summed E-state index contributed by atoms with van der Waals surface area (Å²) in [7, 11) is 0. The third kappa shape index (κ3) is 3.96. The van der Waals surface area contributed by atoms with Gasteiger partial charge in [0.25, 0.3) is 0 Å². The van der Waals surface area contributed by atoms with Crippen molar-refractivity contribution in [1.29, 1.82) is 5.26 Å². The summed E-state index contributed by atoms with van der Waals surface area (Å²) in [5, 5.41) is 13.4. The van der Waals surface area contributed by atoms with Crippen molar-refractivity contribution < 1.29 is 0 Å². The minimum absolute atomic E-state index is 0.317. The fourth-order valence-corrected chi connectivity index (χ4v) is 3.53. The van der Waals surface area contributed by atoms with Gasteiger partial charge in [-0.25, -0.2) is 0 Å². The maximum atomic E-state index is 9.80. The number of hydrogen-bond donors (Lipinski definition) is 1. The van der Waals surface area contributed by atoms with Gasteiger partial charge >= 0.3 is 0 Å². The van der Waals surface area contributed by atoms with Crippen molar-refractivity contribution in [3.63, 3.8) is 0 Å². The summed E-state index contributed by atoms with van der Waals surface area (Å²) in [5.74, 6) is 0.561. The maximum absolute atomic E-state index is 9.80. The number of hydrogen-bond acceptors (Lipinski definition) is 3. The molecule has 0 aromatic rings. The molecule has 1 heterocycles. The Hall–Kier alpha value is -0.590. The Balaban J connectivity index is 2.02. The second kappa shape index (κ2) is 6.03. The minimum atomic E-state index is -0.317. The zero-order valence-electron chi connectivity index (χ0n) is 13.7. The molecule has 3 nitrogen and oxygen atoms in total. The predicted octanol–water partition coefficient (Wildman–Crippen LogP) is 3.17. The van der Waals surface area contributed by atoms with Crippen LogP contribution in [0.3, 0.4) is 0 Å². The molecular formula is C17H31N3. The van der Waals surface area contributed by atoms with Crippen LogP contribution in [0.25, 0.3) is 0 Å². The van der Waals surface area contributed by atoms with E-state index in [2.05, 4.69) is 44.0 Å². The number of nitriles is 1. The van der Waals surface area contributed by atoms with Crippen LogP contribution in [-0.2, 0) is 0 Å². The third-order valence-corrected chi connectivity index (χ3v) is 4.93. The van der Waals surface area contributed by atoms with E-state index in [-0.39, 0.29) is 5.54 Å². The predicted molar refractivity (Wildman–Crippen MR) is 83.4 cm³/mol. The Kier molecular flexibility index (Phi) is 4.76. The van der Waals surface area contributed by atoms with Crippen molar-refractivity contribution >= 4 is 0 Å². The highest BCUT2D eigenvalue weighted by Gasteiger charge is 2.47. The van der Waals surface area contributed by atoms with Crippen LogP contribution >= 0.6 is 0 Å². The standard InChI is InChI=1S/C17H31N3/c1-14(2)19-17(12-18,15-6-7-15)13-20-10-5-8-16(3,4)9-11-20/h14-15,19H,5-11,13H2,1-4H3. The van der Waals surface area contributed by atoms with E-state index in [9.17, 15) is 5.26 Å². The molecule has 114 valence electrons. The number of nitrogens with one attached hydrogen (secondary N) is 1. The summed E-state index contributed by atoms with van der Waals surface area (Å²) in [4.78, 5) is 2.53. The van der Waals surface area contributed by atoms with Crippen molar-refractivity contribution in [1.82, 2.24) is 10.2 Å². The molecule has 2 fully saturated rings. The molecule has 0 radical (unpaired) electrons. The summed E-state index contributed by atoms with van der Waals surface area (Å²) < 4.78 is 0. The maximum Gasteiger partial charge on any atom is 0.122 e. The molecule has 1 N–H and O–H groups in total. The molecule has 2 aliphatic rings. The first-order chi connectivity index (χ1) is 9.37. The molecule has 0 aromatic heterocycles. The highest BCUT2D eigenvalue weighted by Crippen LogP contribution is 2.41. The van der Waals surface area contributed by atoms with Crippen molar-refractivity contribution in [2.24, 2.45) is 11.3 Å². The molecule has 0 bridgehead atoms. The summed E-state index contributed by atoms with van der Waals surface area (Å²) in [6.07, 6.45) is 6.25. The first-order valence-electron chi connectivity index (χ1n) is 8.28. The van der Waals surface area contributed by atoms with Crippen LogP contribution in [0, 0.1) is 22.7 Å². The lowest BCUT2D eigenvalue weighted by molar-refractivity contribution is 0.187. The summed E-state index contributed by atoms with van der Waals surface area (Å²) in [5.41, 5.74) is 0.151. The van der Waals surface area contributed by atoms with Gasteiger partial charge in [-0.05, 0) is 70.4 Å². The van der Waals surface area contributed by atoms with Gasteiger partial charge in [0.15, 0.2) is 0 Å². The monoisotopic (exact) mass is 277 g/mol. The lowest BCUT2D eigenvalue weighted by atomic mass is 9.85. The van der Waals surface area contributed by atoms with Gasteiger partial charge < -0.3 is 4.90 Å². The Labute approximate surface area is 124 Å². The second-order valence-electron chi connectivity index (χ2n) is 7.95. The van der Waals surface area contributed by atoms with E-state index in [0.717, 1.165) is 19.6 Å². The Morgan fingerprint density at radius 3 is 2.55 bits per heavy atom. The van der Waals surface area contributed by atoms with Crippen LogP contribution < -0.4 is 5.32 Å². The normalized spacial score (nSPS) is 26.8. The van der Waals surface area contributed by atoms with Crippen LogP contribution in [0.15, 0.2) is 0 Å². The molecule has 0 spiro atoms. The summed E-state index contributed by atoms with van der Waals surface area (Å²) in [6, 6.07) is 3.02. The van der Waals surface area contributed by atoms with Gasteiger partial charge in [0.05, 0.1) is 6.07 Å². The van der Waals surface area contributed by atoms with E-state index in [1.54, 1.807) is 0 Å². The van der Waals surface area contributed by atoms with Gasteiger partial charge in [-0.1, -0.05) is 13.8 Å². The van der Waals surface area contributed by atoms with Gasteiger partial charge in [0, 0.05) is 12.6 Å². The van der Waals surface area contributed by atoms with Gasteiger partial charge in [-0.15, -0.1) is 0 Å². The average Bonchev–Trinajstić information content (AvgIpc) is 3.17. The van der Waals surface area contributed by atoms with Crippen LogP contribution in [-0.4, -0.2) is 36.1 Å². The Bertz CT molecular complexity index is 365. The van der Waals surface area contributed by atoms with E-state index in [4.69, 9.17) is 0 Å². The van der Waals surface area contributed by atoms with Crippen molar-refractivity contribution in [3.8, 4) is 6.07 Å². The quantitative estimate of drug-likeness (QED) is 0.839. The molecule has 1 aliphatic heterocycles. The zero-order valence-corrected chi connectivity index (χ0v) is 13.7.